The van der Waals surface area contributed by atoms with Crippen molar-refractivity contribution in [3.8, 4) is 0 Å². The summed E-state index contributed by atoms with van der Waals surface area (Å²) in [5, 5.41) is 8.98. The first kappa shape index (κ1) is 14.6. The van der Waals surface area contributed by atoms with Gasteiger partial charge in [0.1, 0.15) is 0 Å². The monoisotopic (exact) mass is 275 g/mol. The number of ketones is 1. The number of hydrogen-bond acceptors (Lipinski definition) is 2. The summed E-state index contributed by atoms with van der Waals surface area (Å²) in [7, 11) is 0. The van der Waals surface area contributed by atoms with Crippen molar-refractivity contribution in [3.05, 3.63) is 35.4 Å². The summed E-state index contributed by atoms with van der Waals surface area (Å²) in [5.41, 5.74) is 1.66. The van der Waals surface area contributed by atoms with E-state index < -0.39 is 6.09 Å². The summed E-state index contributed by atoms with van der Waals surface area (Å²) >= 11 is 0. The zero-order chi connectivity index (χ0) is 14.9. The van der Waals surface area contributed by atoms with Crippen LogP contribution in [0.5, 0.6) is 0 Å². The Kier molecular flexibility index (Phi) is 3.84. The van der Waals surface area contributed by atoms with E-state index in [4.69, 9.17) is 5.11 Å². The van der Waals surface area contributed by atoms with E-state index in [9.17, 15) is 9.59 Å². The smallest absolute Gasteiger partial charge is 0.407 e. The van der Waals surface area contributed by atoms with Gasteiger partial charge in [-0.25, -0.2) is 4.79 Å². The summed E-state index contributed by atoms with van der Waals surface area (Å²) in [5.74, 6) is -0.145. The van der Waals surface area contributed by atoms with Gasteiger partial charge in [0.05, 0.1) is 0 Å². The molecule has 1 fully saturated rings. The molecule has 1 heterocycles. The zero-order valence-corrected chi connectivity index (χ0v) is 12.2. The molecule has 0 bridgehead atoms. The second kappa shape index (κ2) is 5.27. The third-order valence-corrected chi connectivity index (χ3v) is 3.83. The molecular weight excluding hydrogens is 254 g/mol. The van der Waals surface area contributed by atoms with Crippen LogP contribution in [0.1, 0.15) is 43.1 Å². The van der Waals surface area contributed by atoms with Gasteiger partial charge < -0.3 is 10.0 Å². The summed E-state index contributed by atoms with van der Waals surface area (Å²) in [6.45, 7) is 7.00. The Morgan fingerprint density at radius 1 is 1.25 bits per heavy atom. The van der Waals surface area contributed by atoms with Crippen molar-refractivity contribution < 1.29 is 14.7 Å². The minimum atomic E-state index is -0.940. The first-order valence-corrected chi connectivity index (χ1v) is 6.92. The highest BCUT2D eigenvalue weighted by Crippen LogP contribution is 2.29. The second-order valence-electron chi connectivity index (χ2n) is 6.37. The van der Waals surface area contributed by atoms with Crippen molar-refractivity contribution in [3.63, 3.8) is 0 Å². The van der Waals surface area contributed by atoms with Crippen LogP contribution in [0.25, 0.3) is 0 Å². The second-order valence-corrected chi connectivity index (χ2v) is 6.37. The molecule has 1 atom stereocenters. The van der Waals surface area contributed by atoms with Crippen molar-refractivity contribution in [2.45, 2.75) is 32.6 Å². The van der Waals surface area contributed by atoms with Crippen molar-refractivity contribution in [1.29, 1.82) is 0 Å². The van der Waals surface area contributed by atoms with Crippen LogP contribution in [-0.4, -0.2) is 35.0 Å². The molecule has 4 nitrogen and oxygen atoms in total. The number of likely N-dealkylation sites (tertiary alicyclic amines) is 1. The number of Topliss-reactive ketones (excluding diaryl/α,β-unsaturated/α-hetero) is 1. The number of nitrogens with zero attached hydrogens (tertiary/aromatic N) is 1. The van der Waals surface area contributed by atoms with E-state index in [1.807, 2.05) is 24.3 Å². The molecule has 1 aliphatic rings. The lowest BCUT2D eigenvalue weighted by molar-refractivity contribution is 0.0920. The molecule has 2 rings (SSSR count). The molecule has 1 amide bonds. The summed E-state index contributed by atoms with van der Waals surface area (Å²) in [6, 6.07) is 7.64. The number of rotatable bonds is 2. The first-order chi connectivity index (χ1) is 9.30. The highest BCUT2D eigenvalue weighted by atomic mass is 16.4. The van der Waals surface area contributed by atoms with Crippen LogP contribution in [0.2, 0.25) is 0 Å². The molecule has 0 spiro atoms. The van der Waals surface area contributed by atoms with Crippen LogP contribution in [-0.2, 0) is 5.41 Å². The molecule has 4 heteroatoms. The molecule has 1 N–H and O–H groups in total. The van der Waals surface area contributed by atoms with Crippen molar-refractivity contribution in [1.82, 2.24) is 4.90 Å². The van der Waals surface area contributed by atoms with Gasteiger partial charge in [-0.1, -0.05) is 45.0 Å². The van der Waals surface area contributed by atoms with Gasteiger partial charge in [0, 0.05) is 24.6 Å². The van der Waals surface area contributed by atoms with Gasteiger partial charge in [-0.2, -0.15) is 0 Å². The highest BCUT2D eigenvalue weighted by Gasteiger charge is 2.33. The van der Waals surface area contributed by atoms with E-state index in [1.165, 1.54) is 4.90 Å². The van der Waals surface area contributed by atoms with Crippen molar-refractivity contribution >= 4 is 11.9 Å². The van der Waals surface area contributed by atoms with Gasteiger partial charge in [0.25, 0.3) is 0 Å². The highest BCUT2D eigenvalue weighted by molar-refractivity contribution is 6.00. The average Bonchev–Trinajstić information content (AvgIpc) is 2.86. The fraction of sp³-hybridized carbons (Fsp3) is 0.500. The molecule has 108 valence electrons. The quantitative estimate of drug-likeness (QED) is 0.843. The van der Waals surface area contributed by atoms with Gasteiger partial charge in [-0.3, -0.25) is 4.79 Å². The normalized spacial score (nSPS) is 19.1. The fourth-order valence-electron chi connectivity index (χ4n) is 2.72. The predicted octanol–water partition coefficient (Wildman–Crippen LogP) is 3.17. The van der Waals surface area contributed by atoms with E-state index in [1.54, 1.807) is 0 Å². The maximum Gasteiger partial charge on any atom is 0.407 e. The largest absolute Gasteiger partial charge is 0.465 e. The number of carboxylic acid groups (broad SMARTS) is 1. The van der Waals surface area contributed by atoms with Gasteiger partial charge >= 0.3 is 6.09 Å². The molecule has 1 unspecified atom stereocenters. The van der Waals surface area contributed by atoms with Gasteiger partial charge in [0.2, 0.25) is 0 Å². The van der Waals surface area contributed by atoms with E-state index in [0.29, 0.717) is 19.5 Å². The van der Waals surface area contributed by atoms with E-state index in [-0.39, 0.29) is 17.1 Å². The lowest BCUT2D eigenvalue weighted by Crippen LogP contribution is -2.29. The maximum absolute atomic E-state index is 12.7. The number of hydrogen-bond donors (Lipinski definition) is 1. The molecule has 0 aromatic heterocycles. The maximum atomic E-state index is 12.7. The van der Waals surface area contributed by atoms with Crippen LogP contribution in [0, 0.1) is 5.92 Å². The van der Waals surface area contributed by atoms with Crippen LogP contribution < -0.4 is 0 Å². The molecule has 0 saturated carbocycles. The Morgan fingerprint density at radius 2 is 1.90 bits per heavy atom. The SMILES string of the molecule is CC(C)(C)c1ccccc1C(=O)C1CCN(C(=O)O)C1. The summed E-state index contributed by atoms with van der Waals surface area (Å²) in [6.07, 6.45) is -0.326. The molecular formula is C16H21NO3. The zero-order valence-electron chi connectivity index (χ0n) is 12.2. The summed E-state index contributed by atoms with van der Waals surface area (Å²) < 4.78 is 0. The summed E-state index contributed by atoms with van der Waals surface area (Å²) in [4.78, 5) is 24.9. The number of carbonyl (C=O) groups is 2. The molecule has 20 heavy (non-hydrogen) atoms. The van der Waals surface area contributed by atoms with E-state index in [0.717, 1.165) is 11.1 Å². The Balaban J connectivity index is 2.25. The molecule has 1 aromatic carbocycles. The molecule has 1 saturated heterocycles. The minimum absolute atomic E-state index is 0.0688. The Hall–Kier alpha value is -1.84. The standard InChI is InChI=1S/C16H21NO3/c1-16(2,3)13-7-5-4-6-12(13)14(18)11-8-9-17(10-11)15(19)20/h4-7,11H,8-10H2,1-3H3,(H,19,20). The Bertz CT molecular complexity index is 531. The Morgan fingerprint density at radius 3 is 2.45 bits per heavy atom. The lowest BCUT2D eigenvalue weighted by Gasteiger charge is -2.23. The Labute approximate surface area is 119 Å². The third-order valence-electron chi connectivity index (χ3n) is 3.83. The minimum Gasteiger partial charge on any atom is -0.465 e. The fourth-order valence-corrected chi connectivity index (χ4v) is 2.72. The third kappa shape index (κ3) is 2.84. The molecule has 0 radical (unpaired) electrons. The topological polar surface area (TPSA) is 57.6 Å². The first-order valence-electron chi connectivity index (χ1n) is 6.92. The van der Waals surface area contributed by atoms with Gasteiger partial charge in [0.15, 0.2) is 5.78 Å². The van der Waals surface area contributed by atoms with Gasteiger partial charge in [-0.15, -0.1) is 0 Å². The molecule has 0 aliphatic carbocycles. The average molecular weight is 275 g/mol. The van der Waals surface area contributed by atoms with Crippen LogP contribution in [0.3, 0.4) is 0 Å². The van der Waals surface area contributed by atoms with Crippen LogP contribution in [0.15, 0.2) is 24.3 Å². The van der Waals surface area contributed by atoms with Crippen LogP contribution >= 0.6 is 0 Å². The van der Waals surface area contributed by atoms with E-state index in [2.05, 4.69) is 20.8 Å². The number of carbonyl (C=O) groups excluding carboxylic acids is 1. The van der Waals surface area contributed by atoms with Gasteiger partial charge in [-0.05, 0) is 17.4 Å². The van der Waals surface area contributed by atoms with Crippen molar-refractivity contribution in [2.75, 3.05) is 13.1 Å². The van der Waals surface area contributed by atoms with Crippen LogP contribution in [0.4, 0.5) is 4.79 Å². The number of benzene rings is 1. The lowest BCUT2D eigenvalue weighted by atomic mass is 9.81. The predicted molar refractivity (Wildman–Crippen MR) is 77.2 cm³/mol. The van der Waals surface area contributed by atoms with E-state index >= 15 is 0 Å². The molecule has 1 aliphatic heterocycles. The molecule has 1 aromatic rings. The number of amides is 1. The van der Waals surface area contributed by atoms with Crippen molar-refractivity contribution in [2.24, 2.45) is 5.92 Å².